The lowest BCUT2D eigenvalue weighted by Crippen LogP contribution is -2.43. The molecule has 7 nitrogen and oxygen atoms in total. The van der Waals surface area contributed by atoms with E-state index in [4.69, 9.17) is 4.74 Å². The smallest absolute Gasteiger partial charge is 0.416 e. The number of hydrogen-bond donors (Lipinski definition) is 1. The maximum atomic E-state index is 13.1. The molecule has 35 heavy (non-hydrogen) atoms. The molecule has 0 spiro atoms. The van der Waals surface area contributed by atoms with Gasteiger partial charge in [0, 0.05) is 39.3 Å². The maximum absolute atomic E-state index is 13.1. The van der Waals surface area contributed by atoms with Crippen LogP contribution in [0.1, 0.15) is 27.2 Å². The van der Waals surface area contributed by atoms with Gasteiger partial charge in [0.25, 0.3) is 5.91 Å². The van der Waals surface area contributed by atoms with E-state index in [0.29, 0.717) is 0 Å². The van der Waals surface area contributed by atoms with Crippen molar-refractivity contribution in [3.63, 3.8) is 0 Å². The molecule has 2 aromatic carbocycles. The van der Waals surface area contributed by atoms with Crippen LogP contribution in [0, 0.1) is 0 Å². The van der Waals surface area contributed by atoms with E-state index in [2.05, 4.69) is 39.4 Å². The van der Waals surface area contributed by atoms with Crippen LogP contribution >= 0.6 is 0 Å². The number of amides is 1. The van der Waals surface area contributed by atoms with E-state index >= 15 is 0 Å². The molecule has 1 aliphatic heterocycles. The number of methoxy groups -OCH3 is 1. The zero-order chi connectivity index (χ0) is 25.0. The molecule has 3 aromatic rings. The summed E-state index contributed by atoms with van der Waals surface area (Å²) in [6.07, 6.45) is -3.09. The molecule has 2 heterocycles. The summed E-state index contributed by atoms with van der Waals surface area (Å²) in [7, 11) is 3.50. The van der Waals surface area contributed by atoms with Crippen LogP contribution in [0.3, 0.4) is 0 Å². The predicted molar refractivity (Wildman–Crippen MR) is 126 cm³/mol. The Kier molecular flexibility index (Phi) is 7.42. The van der Waals surface area contributed by atoms with E-state index in [1.165, 1.54) is 35.7 Å². The number of aromatic nitrogens is 2. The highest BCUT2D eigenvalue weighted by Gasteiger charge is 2.30. The van der Waals surface area contributed by atoms with Crippen LogP contribution in [0.4, 0.5) is 13.2 Å². The maximum Gasteiger partial charge on any atom is 0.416 e. The van der Waals surface area contributed by atoms with E-state index in [-0.39, 0.29) is 23.7 Å². The van der Waals surface area contributed by atoms with Crippen molar-refractivity contribution < 1.29 is 22.7 Å². The largest absolute Gasteiger partial charge is 0.493 e. The van der Waals surface area contributed by atoms with Gasteiger partial charge in [0.1, 0.15) is 0 Å². The van der Waals surface area contributed by atoms with Gasteiger partial charge in [0.2, 0.25) is 0 Å². The summed E-state index contributed by atoms with van der Waals surface area (Å²) in [6.45, 7) is 5.27. The number of benzene rings is 2. The van der Waals surface area contributed by atoms with Crippen LogP contribution in [-0.4, -0.2) is 65.8 Å². The minimum Gasteiger partial charge on any atom is -0.493 e. The molecule has 0 atom stereocenters. The Morgan fingerprint density at radius 3 is 2.49 bits per heavy atom. The van der Waals surface area contributed by atoms with E-state index in [0.717, 1.165) is 50.4 Å². The van der Waals surface area contributed by atoms with E-state index < -0.39 is 17.6 Å². The molecule has 1 aliphatic rings. The van der Waals surface area contributed by atoms with Crippen molar-refractivity contribution in [2.24, 2.45) is 0 Å². The van der Waals surface area contributed by atoms with Gasteiger partial charge in [0.15, 0.2) is 11.4 Å². The molecule has 4 rings (SSSR count). The van der Waals surface area contributed by atoms with E-state index in [1.807, 2.05) is 12.1 Å². The molecule has 0 radical (unpaired) electrons. The number of rotatable bonds is 7. The first kappa shape index (κ1) is 24.7. The van der Waals surface area contributed by atoms with Crippen molar-refractivity contribution in [3.8, 4) is 11.4 Å². The van der Waals surface area contributed by atoms with Gasteiger partial charge in [0.05, 0.1) is 24.6 Å². The summed E-state index contributed by atoms with van der Waals surface area (Å²) in [5.74, 6) is -0.305. The molecular weight excluding hydrogens is 459 g/mol. The van der Waals surface area contributed by atoms with Crippen molar-refractivity contribution in [2.75, 3.05) is 40.3 Å². The quantitative estimate of drug-likeness (QED) is 0.552. The van der Waals surface area contributed by atoms with E-state index in [1.54, 1.807) is 0 Å². The fourth-order valence-electron chi connectivity index (χ4n) is 3.99. The highest BCUT2D eigenvalue weighted by atomic mass is 19.4. The normalized spacial score (nSPS) is 15.2. The van der Waals surface area contributed by atoms with Gasteiger partial charge < -0.3 is 15.0 Å². The molecule has 10 heteroatoms. The number of hydrogen-bond acceptors (Lipinski definition) is 5. The number of nitrogens with one attached hydrogen (secondary N) is 1. The van der Waals surface area contributed by atoms with Crippen LogP contribution in [0.2, 0.25) is 0 Å². The number of halogens is 3. The van der Waals surface area contributed by atoms with E-state index in [9.17, 15) is 18.0 Å². The van der Waals surface area contributed by atoms with Crippen LogP contribution in [0.25, 0.3) is 5.69 Å². The zero-order valence-electron chi connectivity index (χ0n) is 19.7. The van der Waals surface area contributed by atoms with Crippen molar-refractivity contribution in [2.45, 2.75) is 19.3 Å². The van der Waals surface area contributed by atoms with Crippen molar-refractivity contribution in [1.82, 2.24) is 24.9 Å². The second kappa shape index (κ2) is 10.5. The molecule has 1 amide bonds. The lowest BCUT2D eigenvalue weighted by molar-refractivity contribution is -0.137. The minimum atomic E-state index is -4.48. The first-order chi connectivity index (χ1) is 16.7. The Morgan fingerprint density at radius 1 is 1.06 bits per heavy atom. The number of carbonyl (C=O) groups is 1. The molecule has 0 bridgehead atoms. The summed E-state index contributed by atoms with van der Waals surface area (Å²) < 4.78 is 45.7. The molecular formula is C25H28F3N5O2. The monoisotopic (exact) mass is 487 g/mol. The summed E-state index contributed by atoms with van der Waals surface area (Å²) >= 11 is 0. The van der Waals surface area contributed by atoms with Crippen LogP contribution in [0.15, 0.2) is 54.7 Å². The average Bonchev–Trinajstić information content (AvgIpc) is 3.29. The van der Waals surface area contributed by atoms with Gasteiger partial charge in [-0.1, -0.05) is 30.3 Å². The SMILES string of the molecule is COc1cn(-c2cccc(C(F)(F)F)c2)nc1C(=O)NCc1cccc(CN2CCN(C)CC2)c1. The summed E-state index contributed by atoms with van der Waals surface area (Å²) in [4.78, 5) is 17.6. The minimum absolute atomic E-state index is 0.00139. The standard InChI is InChI=1S/C25H28F3N5O2/c1-31-9-11-32(12-10-31)16-19-6-3-5-18(13-19)15-29-24(34)23-22(35-2)17-33(30-23)21-8-4-7-20(14-21)25(26,27)28/h3-8,13-14,17H,9-12,15-16H2,1-2H3,(H,29,34). The van der Waals surface area contributed by atoms with Crippen LogP contribution in [0.5, 0.6) is 5.75 Å². The Labute approximate surface area is 202 Å². The molecule has 1 N–H and O–H groups in total. The number of likely N-dealkylation sites (N-methyl/N-ethyl adjacent to an activating group) is 1. The third-order valence-corrected chi connectivity index (χ3v) is 6.00. The lowest BCUT2D eigenvalue weighted by Gasteiger charge is -2.32. The van der Waals surface area contributed by atoms with Crippen LogP contribution in [-0.2, 0) is 19.3 Å². The van der Waals surface area contributed by atoms with Gasteiger partial charge >= 0.3 is 6.18 Å². The van der Waals surface area contributed by atoms with Gasteiger partial charge in [-0.3, -0.25) is 9.69 Å². The molecule has 1 saturated heterocycles. The second-order valence-electron chi connectivity index (χ2n) is 8.62. The van der Waals surface area contributed by atoms with Crippen molar-refractivity contribution in [1.29, 1.82) is 0 Å². The van der Waals surface area contributed by atoms with Gasteiger partial charge in [-0.15, -0.1) is 0 Å². The molecule has 186 valence electrons. The van der Waals surface area contributed by atoms with Crippen molar-refractivity contribution in [3.05, 3.63) is 77.1 Å². The van der Waals surface area contributed by atoms with Crippen molar-refractivity contribution >= 4 is 5.91 Å². The van der Waals surface area contributed by atoms with Gasteiger partial charge in [-0.25, -0.2) is 4.68 Å². The first-order valence-corrected chi connectivity index (χ1v) is 11.3. The fraction of sp³-hybridized carbons (Fsp3) is 0.360. The predicted octanol–water partition coefficient (Wildman–Crippen LogP) is 3.58. The number of alkyl halides is 3. The Bertz CT molecular complexity index is 1170. The third-order valence-electron chi connectivity index (χ3n) is 6.00. The number of carbonyl (C=O) groups excluding carboxylic acids is 1. The zero-order valence-corrected chi connectivity index (χ0v) is 19.7. The molecule has 1 fully saturated rings. The summed E-state index contributed by atoms with van der Waals surface area (Å²) in [6, 6.07) is 12.8. The Hall–Kier alpha value is -3.37. The second-order valence-corrected chi connectivity index (χ2v) is 8.62. The molecule has 0 unspecified atom stereocenters. The molecule has 1 aromatic heterocycles. The number of nitrogens with zero attached hydrogens (tertiary/aromatic N) is 4. The highest BCUT2D eigenvalue weighted by Crippen LogP contribution is 2.30. The first-order valence-electron chi connectivity index (χ1n) is 11.3. The van der Waals surface area contributed by atoms with Gasteiger partial charge in [-0.05, 0) is 36.4 Å². The molecule has 0 saturated carbocycles. The topological polar surface area (TPSA) is 62.6 Å². The summed E-state index contributed by atoms with van der Waals surface area (Å²) in [5, 5.41) is 7.02. The highest BCUT2D eigenvalue weighted by molar-refractivity contribution is 5.94. The Balaban J connectivity index is 1.43. The fourth-order valence-corrected chi connectivity index (χ4v) is 3.99. The molecule has 0 aliphatic carbocycles. The lowest BCUT2D eigenvalue weighted by atomic mass is 10.1. The number of piperazine rings is 1. The number of ether oxygens (including phenoxy) is 1. The average molecular weight is 488 g/mol. The van der Waals surface area contributed by atoms with Crippen LogP contribution < -0.4 is 10.1 Å². The summed E-state index contributed by atoms with van der Waals surface area (Å²) in [5.41, 5.74) is 1.49. The van der Waals surface area contributed by atoms with Gasteiger partial charge in [-0.2, -0.15) is 18.3 Å². The third kappa shape index (κ3) is 6.20. The Morgan fingerprint density at radius 2 is 1.77 bits per heavy atom.